The van der Waals surface area contributed by atoms with Crippen LogP contribution in [-0.4, -0.2) is 18.0 Å². The van der Waals surface area contributed by atoms with Crippen LogP contribution in [0.1, 0.15) is 22.6 Å². The molecule has 20 heavy (non-hydrogen) atoms. The number of nitrogens with one attached hydrogen (secondary N) is 1. The number of hydrogen-bond acceptors (Lipinski definition) is 4. The first-order chi connectivity index (χ1) is 9.74. The summed E-state index contributed by atoms with van der Waals surface area (Å²) >= 11 is 1.60. The molecule has 0 fully saturated rings. The average molecular weight is 288 g/mol. The second-order valence-electron chi connectivity index (χ2n) is 4.82. The summed E-state index contributed by atoms with van der Waals surface area (Å²) in [5.41, 5.74) is 2.10. The minimum Gasteiger partial charge on any atom is -0.497 e. The Morgan fingerprint density at radius 2 is 2.35 bits per heavy atom. The zero-order valence-electron chi connectivity index (χ0n) is 11.3. The summed E-state index contributed by atoms with van der Waals surface area (Å²) in [6, 6.07) is 7.55. The van der Waals surface area contributed by atoms with E-state index in [0.717, 1.165) is 35.0 Å². The van der Waals surface area contributed by atoms with Crippen molar-refractivity contribution in [3.8, 4) is 5.75 Å². The van der Waals surface area contributed by atoms with E-state index in [9.17, 15) is 4.79 Å². The molecule has 0 atom stereocenters. The van der Waals surface area contributed by atoms with Crippen molar-refractivity contribution < 1.29 is 9.53 Å². The Bertz CT molecular complexity index is 615. The van der Waals surface area contributed by atoms with E-state index in [0.29, 0.717) is 6.42 Å². The number of aryl methyl sites for hydroxylation is 2. The quantitative estimate of drug-likeness (QED) is 0.941. The lowest BCUT2D eigenvalue weighted by Gasteiger charge is -2.04. The van der Waals surface area contributed by atoms with E-state index in [-0.39, 0.29) is 5.91 Å². The lowest BCUT2D eigenvalue weighted by Crippen LogP contribution is -2.14. The third-order valence-corrected chi connectivity index (χ3v) is 4.41. The summed E-state index contributed by atoms with van der Waals surface area (Å²) in [6.45, 7) is 0. The SMILES string of the molecule is COc1cccc(CC(=O)Nc2nc3c(s2)CCC3)c1. The van der Waals surface area contributed by atoms with Crippen LogP contribution in [0.4, 0.5) is 5.13 Å². The third-order valence-electron chi connectivity index (χ3n) is 3.34. The monoisotopic (exact) mass is 288 g/mol. The molecule has 1 aliphatic carbocycles. The van der Waals surface area contributed by atoms with Crippen molar-refractivity contribution in [2.45, 2.75) is 25.7 Å². The molecule has 3 rings (SSSR count). The van der Waals surface area contributed by atoms with Crippen LogP contribution in [0.2, 0.25) is 0 Å². The van der Waals surface area contributed by atoms with Crippen molar-refractivity contribution in [2.24, 2.45) is 0 Å². The van der Waals surface area contributed by atoms with Crippen LogP contribution in [-0.2, 0) is 24.1 Å². The highest BCUT2D eigenvalue weighted by atomic mass is 32.1. The van der Waals surface area contributed by atoms with Gasteiger partial charge in [0, 0.05) is 4.88 Å². The predicted molar refractivity (Wildman–Crippen MR) is 79.5 cm³/mol. The Morgan fingerprint density at radius 1 is 1.45 bits per heavy atom. The summed E-state index contributed by atoms with van der Waals surface area (Å²) in [6.07, 6.45) is 3.66. The first kappa shape index (κ1) is 13.1. The van der Waals surface area contributed by atoms with Gasteiger partial charge in [-0.15, -0.1) is 11.3 Å². The smallest absolute Gasteiger partial charge is 0.230 e. The number of amides is 1. The Labute approximate surface area is 121 Å². The standard InChI is InChI=1S/C15H16N2O2S/c1-19-11-5-2-4-10(8-11)9-14(18)17-15-16-12-6-3-7-13(12)20-15/h2,4-5,8H,3,6-7,9H2,1H3,(H,16,17,18). The van der Waals surface area contributed by atoms with Crippen LogP contribution in [0.5, 0.6) is 5.75 Å². The summed E-state index contributed by atoms with van der Waals surface area (Å²) in [5, 5.41) is 3.61. The normalized spacial score (nSPS) is 13.1. The average Bonchev–Trinajstić information content (AvgIpc) is 2.99. The zero-order valence-corrected chi connectivity index (χ0v) is 12.1. The topological polar surface area (TPSA) is 51.2 Å². The lowest BCUT2D eigenvalue weighted by atomic mass is 10.1. The molecule has 0 saturated carbocycles. The molecular formula is C15H16N2O2S. The van der Waals surface area contributed by atoms with Crippen LogP contribution in [0.15, 0.2) is 24.3 Å². The van der Waals surface area contributed by atoms with E-state index in [4.69, 9.17) is 4.74 Å². The van der Waals surface area contributed by atoms with Crippen molar-refractivity contribution >= 4 is 22.4 Å². The first-order valence-corrected chi connectivity index (χ1v) is 7.47. The van der Waals surface area contributed by atoms with Crippen molar-refractivity contribution in [3.05, 3.63) is 40.4 Å². The van der Waals surface area contributed by atoms with Gasteiger partial charge in [0.15, 0.2) is 5.13 Å². The highest BCUT2D eigenvalue weighted by Crippen LogP contribution is 2.30. The fraction of sp³-hybridized carbons (Fsp3) is 0.333. The molecule has 2 aromatic rings. The second kappa shape index (κ2) is 5.63. The van der Waals surface area contributed by atoms with Crippen LogP contribution < -0.4 is 10.1 Å². The molecule has 1 N–H and O–H groups in total. The van der Waals surface area contributed by atoms with E-state index >= 15 is 0 Å². The molecular weight excluding hydrogens is 272 g/mol. The van der Waals surface area contributed by atoms with Crippen molar-refractivity contribution in [1.82, 2.24) is 4.98 Å². The Morgan fingerprint density at radius 3 is 3.15 bits per heavy atom. The molecule has 1 aromatic heterocycles. The van der Waals surface area contributed by atoms with E-state index in [2.05, 4.69) is 10.3 Å². The zero-order chi connectivity index (χ0) is 13.9. The molecule has 0 bridgehead atoms. The molecule has 1 amide bonds. The molecule has 1 heterocycles. The first-order valence-electron chi connectivity index (χ1n) is 6.66. The number of anilines is 1. The van der Waals surface area contributed by atoms with Gasteiger partial charge < -0.3 is 10.1 Å². The van der Waals surface area contributed by atoms with Gasteiger partial charge in [0.25, 0.3) is 0 Å². The summed E-state index contributed by atoms with van der Waals surface area (Å²) < 4.78 is 5.15. The maximum atomic E-state index is 12.0. The van der Waals surface area contributed by atoms with Gasteiger partial charge in [-0.25, -0.2) is 4.98 Å². The fourth-order valence-corrected chi connectivity index (χ4v) is 3.44. The minimum absolute atomic E-state index is 0.0364. The van der Waals surface area contributed by atoms with Crippen LogP contribution in [0.3, 0.4) is 0 Å². The Hall–Kier alpha value is -1.88. The Kier molecular flexibility index (Phi) is 3.69. The summed E-state index contributed by atoms with van der Waals surface area (Å²) in [4.78, 5) is 17.8. The number of carbonyl (C=O) groups excluding carboxylic acids is 1. The van der Waals surface area contributed by atoms with Gasteiger partial charge in [-0.05, 0) is 37.0 Å². The number of carbonyl (C=O) groups is 1. The highest BCUT2D eigenvalue weighted by Gasteiger charge is 2.17. The Balaban J connectivity index is 1.64. The molecule has 0 unspecified atom stereocenters. The van der Waals surface area contributed by atoms with Gasteiger partial charge in [0.2, 0.25) is 5.91 Å². The van der Waals surface area contributed by atoms with Gasteiger partial charge in [-0.1, -0.05) is 12.1 Å². The highest BCUT2D eigenvalue weighted by molar-refractivity contribution is 7.15. The van der Waals surface area contributed by atoms with Gasteiger partial charge in [-0.2, -0.15) is 0 Å². The van der Waals surface area contributed by atoms with Crippen molar-refractivity contribution in [3.63, 3.8) is 0 Å². The number of thiazole rings is 1. The molecule has 4 nitrogen and oxygen atoms in total. The van der Waals surface area contributed by atoms with Gasteiger partial charge in [0.05, 0.1) is 19.2 Å². The lowest BCUT2D eigenvalue weighted by molar-refractivity contribution is -0.115. The van der Waals surface area contributed by atoms with E-state index < -0.39 is 0 Å². The summed E-state index contributed by atoms with van der Waals surface area (Å²) in [7, 11) is 1.62. The molecule has 0 spiro atoms. The van der Waals surface area contributed by atoms with Gasteiger partial charge >= 0.3 is 0 Å². The van der Waals surface area contributed by atoms with E-state index in [1.165, 1.54) is 11.3 Å². The van der Waals surface area contributed by atoms with Crippen molar-refractivity contribution in [1.29, 1.82) is 0 Å². The number of rotatable bonds is 4. The maximum Gasteiger partial charge on any atom is 0.230 e. The molecule has 0 aliphatic heterocycles. The third kappa shape index (κ3) is 2.82. The predicted octanol–water partition coefficient (Wildman–Crippen LogP) is 2.82. The number of benzene rings is 1. The maximum absolute atomic E-state index is 12.0. The largest absolute Gasteiger partial charge is 0.497 e. The molecule has 104 valence electrons. The number of hydrogen-bond donors (Lipinski definition) is 1. The second-order valence-corrected chi connectivity index (χ2v) is 5.90. The number of nitrogens with zero attached hydrogens (tertiary/aromatic N) is 1. The molecule has 5 heteroatoms. The van der Waals surface area contributed by atoms with E-state index in [1.54, 1.807) is 18.4 Å². The number of aromatic nitrogens is 1. The molecule has 0 radical (unpaired) electrons. The number of ether oxygens (including phenoxy) is 1. The molecule has 1 aliphatic rings. The van der Waals surface area contributed by atoms with Crippen molar-refractivity contribution in [2.75, 3.05) is 12.4 Å². The number of methoxy groups -OCH3 is 1. The van der Waals surface area contributed by atoms with Crippen LogP contribution >= 0.6 is 11.3 Å². The van der Waals surface area contributed by atoms with Gasteiger partial charge in [0.1, 0.15) is 5.75 Å². The van der Waals surface area contributed by atoms with Crippen LogP contribution in [0.25, 0.3) is 0 Å². The fourth-order valence-electron chi connectivity index (χ4n) is 2.38. The van der Waals surface area contributed by atoms with Gasteiger partial charge in [-0.3, -0.25) is 4.79 Å². The summed E-state index contributed by atoms with van der Waals surface area (Å²) in [5.74, 6) is 0.731. The molecule has 1 aromatic carbocycles. The minimum atomic E-state index is -0.0364. The van der Waals surface area contributed by atoms with Crippen LogP contribution in [0, 0.1) is 0 Å². The molecule has 0 saturated heterocycles. The number of fused-ring (bicyclic) bond motifs is 1. The van der Waals surface area contributed by atoms with E-state index in [1.807, 2.05) is 24.3 Å².